The van der Waals surface area contributed by atoms with Crippen LogP contribution in [0.3, 0.4) is 0 Å². The second-order valence-electron chi connectivity index (χ2n) is 12.5. The first-order valence-corrected chi connectivity index (χ1v) is 16.7. The first kappa shape index (κ1) is 34.6. The van der Waals surface area contributed by atoms with Crippen molar-refractivity contribution in [2.45, 2.75) is 76.0 Å². The predicted molar refractivity (Wildman–Crippen MR) is 180 cm³/mol. The maximum Gasteiger partial charge on any atom is 0.131 e. The Labute approximate surface area is 281 Å². The van der Waals surface area contributed by atoms with Crippen LogP contribution in [0.2, 0.25) is 0 Å². The number of halogens is 2. The van der Waals surface area contributed by atoms with Crippen molar-refractivity contribution in [1.82, 2.24) is 35.2 Å². The molecule has 2 aromatic rings. The molecular weight excluding hydrogens is 612 g/mol. The number of nitrogens with one attached hydrogen (secondary N) is 2. The minimum atomic E-state index is -1.15. The van der Waals surface area contributed by atoms with E-state index in [1.54, 1.807) is 6.34 Å². The summed E-state index contributed by atoms with van der Waals surface area (Å²) in [6.07, 6.45) is 19.9. The Kier molecular flexibility index (Phi) is 11.8. The van der Waals surface area contributed by atoms with Gasteiger partial charge in [-0.05, 0) is 63.7 Å². The van der Waals surface area contributed by atoms with E-state index in [9.17, 15) is 14.0 Å². The van der Waals surface area contributed by atoms with Gasteiger partial charge < -0.3 is 21.0 Å². The van der Waals surface area contributed by atoms with Gasteiger partial charge in [-0.15, -0.1) is 5.10 Å². The van der Waals surface area contributed by atoms with E-state index in [0.29, 0.717) is 25.8 Å². The number of nitrogens with two attached hydrogens (primary N) is 1. The average Bonchev–Trinajstić information content (AvgIpc) is 3.53. The number of piperazine rings is 1. The van der Waals surface area contributed by atoms with Gasteiger partial charge in [-0.1, -0.05) is 29.9 Å². The molecule has 4 aliphatic rings. The van der Waals surface area contributed by atoms with E-state index in [-0.39, 0.29) is 24.3 Å². The van der Waals surface area contributed by atoms with Crippen LogP contribution in [0.5, 0.6) is 0 Å². The number of hydrogen-bond donors (Lipinski definition) is 3. The Bertz CT molecular complexity index is 1600. The quantitative estimate of drug-likeness (QED) is 0.318. The molecule has 0 bridgehead atoms. The van der Waals surface area contributed by atoms with Crippen molar-refractivity contribution in [3.63, 3.8) is 0 Å². The molecule has 1 aromatic carbocycles. The molecule has 6 rings (SSSR count). The third-order valence-corrected chi connectivity index (χ3v) is 9.55. The molecule has 0 radical (unpaired) electrons. The predicted octanol–water partition coefficient (Wildman–Crippen LogP) is 4.61. The molecule has 11 nitrogen and oxygen atoms in total. The fraction of sp³-hybridized carbons (Fsp3) is 0.486. The highest BCUT2D eigenvalue weighted by Gasteiger charge is 2.37. The number of nitriles is 2. The molecular formula is C35H45F2N11. The van der Waals surface area contributed by atoms with Gasteiger partial charge in [0.2, 0.25) is 0 Å². The summed E-state index contributed by atoms with van der Waals surface area (Å²) >= 11 is 0. The van der Waals surface area contributed by atoms with Crippen molar-refractivity contribution in [2.75, 3.05) is 32.7 Å². The largest absolute Gasteiger partial charge is 0.371 e. The van der Waals surface area contributed by atoms with Crippen molar-refractivity contribution < 1.29 is 8.78 Å². The number of hydrogen-bond acceptors (Lipinski definition) is 9. The van der Waals surface area contributed by atoms with Crippen molar-refractivity contribution in [3.05, 3.63) is 89.1 Å². The lowest BCUT2D eigenvalue weighted by Crippen LogP contribution is -2.48. The molecule has 2 unspecified atom stereocenters. The van der Waals surface area contributed by atoms with Gasteiger partial charge in [0.1, 0.15) is 29.5 Å². The standard InChI is InChI=1S/C28H32F2N6.C7H13N5/c29-23-8-11-26(27(30)18-23)28(19-31,20-36-32-21-33-36)13-12-22-6-9-25(10-7-22)35-16-14-34(15-17-35)24-4-2-1-3-5-24;1-6-10-5-11-12(6)7(4-9)2-3-8/h1-2,4,6,8-9,11,18,21H,3,5,7,10,12-17,20H2,(H,32,33);5-7H,2,4,9H2,1H3,(H,10,11)/t28-;/m0./s1. The summed E-state index contributed by atoms with van der Waals surface area (Å²) in [6, 6.07) is 7.95. The molecule has 0 spiro atoms. The highest BCUT2D eigenvalue weighted by Crippen LogP contribution is 2.36. The maximum atomic E-state index is 14.8. The molecule has 3 atom stereocenters. The highest BCUT2D eigenvalue weighted by atomic mass is 19.1. The first-order valence-electron chi connectivity index (χ1n) is 16.7. The minimum Gasteiger partial charge on any atom is -0.371 e. The summed E-state index contributed by atoms with van der Waals surface area (Å²) in [7, 11) is 0. The van der Waals surface area contributed by atoms with Crippen LogP contribution in [0.4, 0.5) is 8.78 Å². The normalized spacial score (nSPS) is 21.1. The van der Waals surface area contributed by atoms with Gasteiger partial charge in [0.15, 0.2) is 0 Å². The van der Waals surface area contributed by atoms with E-state index in [1.807, 2.05) is 11.9 Å². The Morgan fingerprint density at radius 1 is 1.06 bits per heavy atom. The highest BCUT2D eigenvalue weighted by molar-refractivity contribution is 5.55. The molecule has 4 N–H and O–H groups in total. The van der Waals surface area contributed by atoms with Gasteiger partial charge in [-0.2, -0.15) is 15.5 Å². The monoisotopic (exact) mass is 657 g/mol. The molecule has 0 saturated carbocycles. The van der Waals surface area contributed by atoms with Crippen molar-refractivity contribution in [2.24, 2.45) is 10.7 Å². The summed E-state index contributed by atoms with van der Waals surface area (Å²) in [4.78, 5) is 10.6. The van der Waals surface area contributed by atoms with Gasteiger partial charge in [-0.25, -0.2) is 13.6 Å². The van der Waals surface area contributed by atoms with Crippen LogP contribution in [-0.4, -0.2) is 81.1 Å². The summed E-state index contributed by atoms with van der Waals surface area (Å²) < 4.78 is 28.3. The minimum absolute atomic E-state index is 0.0486. The molecule has 48 heavy (non-hydrogen) atoms. The lowest BCUT2D eigenvalue weighted by atomic mass is 9.76. The van der Waals surface area contributed by atoms with Gasteiger partial charge >= 0.3 is 0 Å². The van der Waals surface area contributed by atoms with E-state index in [4.69, 9.17) is 11.0 Å². The van der Waals surface area contributed by atoms with Gasteiger partial charge in [0.25, 0.3) is 0 Å². The smallest absolute Gasteiger partial charge is 0.131 e. The first-order chi connectivity index (χ1) is 23.4. The molecule has 1 saturated heterocycles. The second-order valence-corrected chi connectivity index (χ2v) is 12.5. The van der Waals surface area contributed by atoms with Gasteiger partial charge in [0.05, 0.1) is 37.5 Å². The van der Waals surface area contributed by atoms with E-state index in [2.05, 4.69) is 72.9 Å². The van der Waals surface area contributed by atoms with Crippen LogP contribution in [0.15, 0.2) is 76.9 Å². The van der Waals surface area contributed by atoms with Crippen LogP contribution >= 0.6 is 0 Å². The molecule has 1 aromatic heterocycles. The average molecular weight is 658 g/mol. The van der Waals surface area contributed by atoms with Crippen LogP contribution in [0, 0.1) is 34.3 Å². The van der Waals surface area contributed by atoms with Crippen molar-refractivity contribution in [3.8, 4) is 12.1 Å². The fourth-order valence-corrected chi connectivity index (χ4v) is 6.66. The number of aromatic nitrogens is 3. The molecule has 1 fully saturated rings. The van der Waals surface area contributed by atoms with Crippen LogP contribution < -0.4 is 11.2 Å². The summed E-state index contributed by atoms with van der Waals surface area (Å²) in [5.74, 6) is -1.34. The number of hydrazine groups is 1. The fourth-order valence-electron chi connectivity index (χ4n) is 6.66. The van der Waals surface area contributed by atoms with E-state index in [0.717, 1.165) is 57.9 Å². The van der Waals surface area contributed by atoms with E-state index < -0.39 is 17.0 Å². The third-order valence-electron chi connectivity index (χ3n) is 9.55. The number of rotatable bonds is 11. The number of allylic oxidation sites excluding steroid dienone is 8. The third kappa shape index (κ3) is 8.40. The summed E-state index contributed by atoms with van der Waals surface area (Å²) in [5, 5.41) is 27.6. The summed E-state index contributed by atoms with van der Waals surface area (Å²) in [6.45, 7) is 6.77. The SMILES string of the molecule is CC1N=CNN1C(CN)CC#N.N#C[C@@](CCC1=CC=C(N2CCN(C3=CC=CCC3)CC2)CC1)(Cn1nc[nH]1)c1ccc(F)cc1F. The zero-order valence-corrected chi connectivity index (χ0v) is 27.5. The zero-order chi connectivity index (χ0) is 33.9. The van der Waals surface area contributed by atoms with Gasteiger partial charge in [0, 0.05) is 55.7 Å². The van der Waals surface area contributed by atoms with Crippen LogP contribution in [-0.2, 0) is 12.0 Å². The van der Waals surface area contributed by atoms with E-state index >= 15 is 0 Å². The van der Waals surface area contributed by atoms with Crippen molar-refractivity contribution >= 4 is 6.34 Å². The molecule has 254 valence electrons. The van der Waals surface area contributed by atoms with E-state index in [1.165, 1.54) is 40.2 Å². The van der Waals surface area contributed by atoms with Crippen molar-refractivity contribution in [1.29, 1.82) is 10.5 Å². The number of nitrogens with zero attached hydrogens (tertiary/aromatic N) is 8. The topological polar surface area (TPSA) is 141 Å². The molecule has 2 aliphatic heterocycles. The second kappa shape index (κ2) is 16.4. The molecule has 13 heteroatoms. The molecule has 0 amide bonds. The Morgan fingerprint density at radius 3 is 2.33 bits per heavy atom. The maximum absolute atomic E-state index is 14.8. The Balaban J connectivity index is 0.000000318. The lowest BCUT2D eigenvalue weighted by molar-refractivity contribution is 0.140. The van der Waals surface area contributed by atoms with Crippen LogP contribution in [0.25, 0.3) is 0 Å². The number of benzene rings is 1. The van der Waals surface area contributed by atoms with Crippen LogP contribution in [0.1, 0.15) is 57.4 Å². The molecule has 2 aliphatic carbocycles. The number of H-pyrrole nitrogens is 1. The Morgan fingerprint density at radius 2 is 1.81 bits per heavy atom. The van der Waals surface area contributed by atoms with Gasteiger partial charge in [-0.3, -0.25) is 10.1 Å². The Hall–Kier alpha value is -4.72. The number of aromatic amines is 1. The lowest BCUT2D eigenvalue weighted by Gasteiger charge is -2.40. The zero-order valence-electron chi connectivity index (χ0n) is 27.5. The molecule has 3 heterocycles. The summed E-state index contributed by atoms with van der Waals surface area (Å²) in [5.41, 5.74) is 11.6. The number of aliphatic imine (C=N–C) groups is 1.